The van der Waals surface area contributed by atoms with Crippen LogP contribution in [0, 0.1) is 24.6 Å². The van der Waals surface area contributed by atoms with E-state index in [9.17, 15) is 19.4 Å². The monoisotopic (exact) mass is 418 g/mol. The summed E-state index contributed by atoms with van der Waals surface area (Å²) in [7, 11) is 0. The van der Waals surface area contributed by atoms with Crippen molar-refractivity contribution in [2.75, 3.05) is 0 Å². The first-order chi connectivity index (χ1) is 14.6. The fraction of sp³-hybridized carbons (Fsp3) is 0.200. The van der Waals surface area contributed by atoms with Gasteiger partial charge in [-0.2, -0.15) is 0 Å². The molecule has 31 heavy (non-hydrogen) atoms. The summed E-state index contributed by atoms with van der Waals surface area (Å²) in [5, 5.41) is 23.0. The Morgan fingerprint density at radius 2 is 1.84 bits per heavy atom. The summed E-state index contributed by atoms with van der Waals surface area (Å²) < 4.78 is 13.9. The molecule has 1 amide bonds. The number of phenols is 1. The zero-order valence-corrected chi connectivity index (χ0v) is 17.5. The van der Waals surface area contributed by atoms with Crippen LogP contribution in [0.25, 0.3) is 0 Å². The van der Waals surface area contributed by atoms with Gasteiger partial charge in [0.05, 0.1) is 6.04 Å². The van der Waals surface area contributed by atoms with Crippen LogP contribution in [0.3, 0.4) is 0 Å². The number of hydrogen-bond donors (Lipinski definition) is 3. The second-order valence-electron chi connectivity index (χ2n) is 7.71. The molecule has 0 fully saturated rings. The number of aryl methyl sites for hydroxylation is 1. The molecule has 0 aliphatic heterocycles. The van der Waals surface area contributed by atoms with Crippen molar-refractivity contribution in [3.63, 3.8) is 0 Å². The van der Waals surface area contributed by atoms with E-state index < -0.39 is 23.4 Å². The molecule has 3 rings (SSSR count). The van der Waals surface area contributed by atoms with Crippen LogP contribution < -0.4 is 5.32 Å². The van der Waals surface area contributed by atoms with Gasteiger partial charge in [0, 0.05) is 16.8 Å². The minimum Gasteiger partial charge on any atom is -0.508 e. The van der Waals surface area contributed by atoms with E-state index in [-0.39, 0.29) is 17.0 Å². The minimum atomic E-state index is -1.17. The van der Waals surface area contributed by atoms with Gasteiger partial charge in [-0.05, 0) is 56.7 Å². The number of aromatic hydroxyl groups is 1. The molecule has 0 saturated carbocycles. The molecule has 3 N–H and O–H groups in total. The first-order valence-corrected chi connectivity index (χ1v) is 9.71. The van der Waals surface area contributed by atoms with Crippen molar-refractivity contribution >= 4 is 5.91 Å². The van der Waals surface area contributed by atoms with Gasteiger partial charge in [0.25, 0.3) is 5.91 Å². The molecule has 0 spiro atoms. The maximum atomic E-state index is 13.9. The van der Waals surface area contributed by atoms with Crippen LogP contribution in [0.1, 0.15) is 52.8 Å². The number of amides is 1. The smallest absolute Gasteiger partial charge is 0.270 e. The van der Waals surface area contributed by atoms with Crippen molar-refractivity contribution in [1.29, 1.82) is 0 Å². The first kappa shape index (κ1) is 22.0. The summed E-state index contributed by atoms with van der Waals surface area (Å²) in [6.45, 7) is 4.87. The number of aromatic nitrogens is 1. The lowest BCUT2D eigenvalue weighted by molar-refractivity contribution is 0.0937. The van der Waals surface area contributed by atoms with Crippen LogP contribution in [0.5, 0.6) is 5.75 Å². The van der Waals surface area contributed by atoms with Crippen molar-refractivity contribution in [3.8, 4) is 17.6 Å². The quantitative estimate of drug-likeness (QED) is 0.562. The van der Waals surface area contributed by atoms with E-state index in [1.807, 2.05) is 6.07 Å². The molecule has 1 aromatic heterocycles. The molecule has 1 unspecified atom stereocenters. The van der Waals surface area contributed by atoms with Crippen molar-refractivity contribution in [3.05, 3.63) is 94.6 Å². The zero-order chi connectivity index (χ0) is 22.6. The highest BCUT2D eigenvalue weighted by Gasteiger charge is 2.22. The van der Waals surface area contributed by atoms with Crippen LogP contribution in [0.4, 0.5) is 4.39 Å². The predicted molar refractivity (Wildman–Crippen MR) is 116 cm³/mol. The van der Waals surface area contributed by atoms with Gasteiger partial charge >= 0.3 is 0 Å². The van der Waals surface area contributed by atoms with Gasteiger partial charge in [0.15, 0.2) is 0 Å². The number of phenolic OH excluding ortho intramolecular Hbond substituents is 1. The van der Waals surface area contributed by atoms with Crippen molar-refractivity contribution in [2.45, 2.75) is 32.4 Å². The fourth-order valence-electron chi connectivity index (χ4n) is 3.03. The Balaban J connectivity index is 1.99. The molecule has 1 atom stereocenters. The van der Waals surface area contributed by atoms with E-state index in [0.717, 1.165) is 6.07 Å². The van der Waals surface area contributed by atoms with Crippen LogP contribution >= 0.6 is 0 Å². The molecular weight excluding hydrogens is 395 g/mol. The fourth-order valence-corrected chi connectivity index (χ4v) is 3.03. The molecule has 0 aliphatic rings. The molecule has 0 saturated heterocycles. The van der Waals surface area contributed by atoms with Crippen molar-refractivity contribution in [1.82, 2.24) is 10.3 Å². The summed E-state index contributed by atoms with van der Waals surface area (Å²) in [4.78, 5) is 17.3. The van der Waals surface area contributed by atoms with E-state index in [4.69, 9.17) is 0 Å². The Hall–Kier alpha value is -3.69. The lowest BCUT2D eigenvalue weighted by Crippen LogP contribution is -2.30. The highest BCUT2D eigenvalue weighted by atomic mass is 19.1. The second-order valence-corrected chi connectivity index (χ2v) is 7.71. The number of aliphatic hydroxyl groups is 1. The lowest BCUT2D eigenvalue weighted by Gasteiger charge is -2.21. The largest absolute Gasteiger partial charge is 0.508 e. The van der Waals surface area contributed by atoms with Gasteiger partial charge in [-0.1, -0.05) is 42.2 Å². The maximum absolute atomic E-state index is 13.9. The second kappa shape index (κ2) is 8.99. The Kier molecular flexibility index (Phi) is 6.38. The summed E-state index contributed by atoms with van der Waals surface area (Å²) in [5.41, 5.74) is 0.965. The first-order valence-electron chi connectivity index (χ1n) is 9.71. The maximum Gasteiger partial charge on any atom is 0.270 e. The third-order valence-electron chi connectivity index (χ3n) is 4.41. The summed E-state index contributed by atoms with van der Waals surface area (Å²) >= 11 is 0. The lowest BCUT2D eigenvalue weighted by atomic mass is 9.97. The third-order valence-corrected chi connectivity index (χ3v) is 4.41. The normalized spacial score (nSPS) is 11.9. The molecule has 2 aromatic carbocycles. The van der Waals surface area contributed by atoms with E-state index in [1.54, 1.807) is 51.1 Å². The molecule has 1 heterocycles. The molecule has 6 heteroatoms. The summed E-state index contributed by atoms with van der Waals surface area (Å²) in [5.74, 6) is 4.38. The average Bonchev–Trinajstić information content (AvgIpc) is 2.72. The SMILES string of the molecule is Cc1cc(C#CC(C)(C)O)cc(C(=O)NC(c2ccccc2)c2cc(F)ccc2O)n1. The Morgan fingerprint density at radius 1 is 1.13 bits per heavy atom. The molecule has 3 aromatic rings. The summed E-state index contributed by atoms with van der Waals surface area (Å²) in [6.07, 6.45) is 0. The molecule has 5 nitrogen and oxygen atoms in total. The van der Waals surface area contributed by atoms with Gasteiger partial charge < -0.3 is 15.5 Å². The number of nitrogens with zero attached hydrogens (tertiary/aromatic N) is 1. The number of nitrogens with one attached hydrogen (secondary N) is 1. The highest BCUT2D eigenvalue weighted by molar-refractivity contribution is 5.93. The Labute approximate surface area is 180 Å². The zero-order valence-electron chi connectivity index (χ0n) is 17.5. The topological polar surface area (TPSA) is 82.5 Å². The predicted octanol–water partition coefficient (Wildman–Crippen LogP) is 3.88. The minimum absolute atomic E-state index is 0.122. The third kappa shape index (κ3) is 5.91. The Bertz CT molecular complexity index is 1160. The number of halogens is 1. The van der Waals surface area contributed by atoms with E-state index in [2.05, 4.69) is 22.1 Å². The van der Waals surface area contributed by atoms with Gasteiger partial charge in [0.1, 0.15) is 22.9 Å². The van der Waals surface area contributed by atoms with Crippen LogP contribution in [-0.2, 0) is 0 Å². The number of hydrogen-bond acceptors (Lipinski definition) is 4. The van der Waals surface area contributed by atoms with Gasteiger partial charge in [-0.15, -0.1) is 0 Å². The number of carbonyl (C=O) groups excluding carboxylic acids is 1. The van der Waals surface area contributed by atoms with Gasteiger partial charge in [-0.25, -0.2) is 9.37 Å². The standard InChI is InChI=1S/C25H23FN2O3/c1-16-13-17(11-12-25(2,3)31)14-21(27-16)24(30)28-23(18-7-5-4-6-8-18)20-15-19(26)9-10-22(20)29/h4-10,13-15,23,29,31H,1-3H3,(H,28,30). The summed E-state index contributed by atoms with van der Waals surface area (Å²) in [6, 6.07) is 15.0. The van der Waals surface area contributed by atoms with Gasteiger partial charge in [0.2, 0.25) is 0 Å². The molecule has 0 radical (unpaired) electrons. The molecule has 0 aliphatic carbocycles. The highest BCUT2D eigenvalue weighted by Crippen LogP contribution is 2.30. The molecule has 0 bridgehead atoms. The number of rotatable bonds is 4. The molecule has 158 valence electrons. The van der Waals surface area contributed by atoms with Crippen LogP contribution in [0.2, 0.25) is 0 Å². The van der Waals surface area contributed by atoms with Crippen molar-refractivity contribution < 1.29 is 19.4 Å². The van der Waals surface area contributed by atoms with E-state index >= 15 is 0 Å². The Morgan fingerprint density at radius 3 is 2.52 bits per heavy atom. The average molecular weight is 418 g/mol. The number of pyridine rings is 1. The molecular formula is C25H23FN2O3. The van der Waals surface area contributed by atoms with Crippen molar-refractivity contribution in [2.24, 2.45) is 0 Å². The van der Waals surface area contributed by atoms with E-state index in [1.165, 1.54) is 18.2 Å². The van der Waals surface area contributed by atoms with Crippen LogP contribution in [0.15, 0.2) is 60.7 Å². The van der Waals surface area contributed by atoms with E-state index in [0.29, 0.717) is 16.8 Å². The number of carbonyl (C=O) groups is 1. The van der Waals surface area contributed by atoms with Crippen LogP contribution in [-0.4, -0.2) is 26.7 Å². The number of benzene rings is 2. The van der Waals surface area contributed by atoms with Gasteiger partial charge in [-0.3, -0.25) is 4.79 Å².